The molecule has 4 heteroatoms. The van der Waals surface area contributed by atoms with Crippen LogP contribution >= 0.6 is 22.7 Å². The van der Waals surface area contributed by atoms with Crippen LogP contribution in [0.3, 0.4) is 0 Å². The second kappa shape index (κ2) is 5.46. The average Bonchev–Trinajstić information content (AvgIpc) is 2.89. The summed E-state index contributed by atoms with van der Waals surface area (Å²) in [6, 6.07) is 4.72. The molecule has 86 valence electrons. The first kappa shape index (κ1) is 11.6. The Morgan fingerprint density at radius 3 is 2.94 bits per heavy atom. The fourth-order valence-corrected chi connectivity index (χ4v) is 3.27. The van der Waals surface area contributed by atoms with Crippen molar-refractivity contribution in [3.05, 3.63) is 33.5 Å². The van der Waals surface area contributed by atoms with E-state index in [0.29, 0.717) is 6.04 Å². The fraction of sp³-hybridized carbons (Fsp3) is 0.417. The summed E-state index contributed by atoms with van der Waals surface area (Å²) in [4.78, 5) is 5.93. The summed E-state index contributed by atoms with van der Waals surface area (Å²) in [5.74, 6) is 0. The van der Waals surface area contributed by atoms with E-state index in [2.05, 4.69) is 47.0 Å². The Morgan fingerprint density at radius 1 is 1.44 bits per heavy atom. The highest BCUT2D eigenvalue weighted by atomic mass is 32.1. The van der Waals surface area contributed by atoms with Crippen LogP contribution in [-0.4, -0.2) is 11.0 Å². The molecule has 2 rings (SSSR count). The van der Waals surface area contributed by atoms with Gasteiger partial charge in [0, 0.05) is 22.7 Å². The monoisotopic (exact) mass is 252 g/mol. The molecule has 2 aromatic heterocycles. The topological polar surface area (TPSA) is 24.9 Å². The van der Waals surface area contributed by atoms with Gasteiger partial charge in [-0.1, -0.05) is 13.0 Å². The zero-order valence-corrected chi connectivity index (χ0v) is 11.2. The minimum atomic E-state index is 0.439. The first-order chi connectivity index (χ1) is 7.78. The standard InChI is InChI=1S/C12H16N2S2/c1-3-10-8-16-12(14-10)13-9(2)7-11-5-4-6-15-11/h4-6,8-9H,3,7H2,1-2H3,(H,13,14). The Kier molecular flexibility index (Phi) is 3.96. The van der Waals surface area contributed by atoms with E-state index in [1.54, 1.807) is 11.3 Å². The molecule has 0 bridgehead atoms. The van der Waals surface area contributed by atoms with Crippen LogP contribution in [0.4, 0.5) is 5.13 Å². The lowest BCUT2D eigenvalue weighted by atomic mass is 10.2. The molecule has 0 fully saturated rings. The maximum absolute atomic E-state index is 4.51. The molecule has 0 saturated heterocycles. The molecule has 0 amide bonds. The summed E-state index contributed by atoms with van der Waals surface area (Å²) in [6.45, 7) is 4.33. The summed E-state index contributed by atoms with van der Waals surface area (Å²) >= 11 is 3.51. The van der Waals surface area contributed by atoms with Gasteiger partial charge in [0.1, 0.15) is 0 Å². The Bertz CT molecular complexity index is 420. The van der Waals surface area contributed by atoms with Gasteiger partial charge in [0.25, 0.3) is 0 Å². The van der Waals surface area contributed by atoms with Gasteiger partial charge in [0.05, 0.1) is 5.69 Å². The van der Waals surface area contributed by atoms with Crippen LogP contribution in [0.15, 0.2) is 22.9 Å². The van der Waals surface area contributed by atoms with Gasteiger partial charge in [0.15, 0.2) is 5.13 Å². The Morgan fingerprint density at radius 2 is 2.31 bits per heavy atom. The second-order valence-corrected chi connectivity index (χ2v) is 5.72. The summed E-state index contributed by atoms with van der Waals surface area (Å²) in [7, 11) is 0. The normalized spacial score (nSPS) is 12.6. The molecule has 2 heterocycles. The summed E-state index contributed by atoms with van der Waals surface area (Å²) in [5, 5.41) is 8.74. The fourth-order valence-electron chi connectivity index (χ4n) is 1.53. The first-order valence-electron chi connectivity index (χ1n) is 5.51. The van der Waals surface area contributed by atoms with Crippen LogP contribution in [0.2, 0.25) is 0 Å². The van der Waals surface area contributed by atoms with Crippen molar-refractivity contribution in [2.45, 2.75) is 32.7 Å². The van der Waals surface area contributed by atoms with Crippen molar-refractivity contribution in [3.8, 4) is 0 Å². The quantitative estimate of drug-likeness (QED) is 0.875. The van der Waals surface area contributed by atoms with Gasteiger partial charge in [-0.25, -0.2) is 4.98 Å². The molecule has 0 aromatic carbocycles. The molecule has 16 heavy (non-hydrogen) atoms. The molecular weight excluding hydrogens is 236 g/mol. The van der Waals surface area contributed by atoms with Crippen molar-refractivity contribution in [2.24, 2.45) is 0 Å². The van der Waals surface area contributed by atoms with Gasteiger partial charge in [-0.3, -0.25) is 0 Å². The van der Waals surface area contributed by atoms with E-state index in [4.69, 9.17) is 0 Å². The number of nitrogens with one attached hydrogen (secondary N) is 1. The second-order valence-electron chi connectivity index (χ2n) is 3.83. The number of thiophene rings is 1. The Balaban J connectivity index is 1.89. The predicted octanol–water partition coefficient (Wildman–Crippen LogP) is 3.81. The Labute approximate surface area is 104 Å². The highest BCUT2D eigenvalue weighted by Crippen LogP contribution is 2.18. The number of aromatic nitrogens is 1. The molecule has 0 aliphatic carbocycles. The van der Waals surface area contributed by atoms with Crippen molar-refractivity contribution < 1.29 is 0 Å². The van der Waals surface area contributed by atoms with Crippen LogP contribution in [0.1, 0.15) is 24.4 Å². The van der Waals surface area contributed by atoms with Crippen LogP contribution in [0, 0.1) is 0 Å². The number of anilines is 1. The molecular formula is C12H16N2S2. The lowest BCUT2D eigenvalue weighted by Crippen LogP contribution is -2.17. The maximum atomic E-state index is 4.51. The van der Waals surface area contributed by atoms with Crippen molar-refractivity contribution in [1.29, 1.82) is 0 Å². The molecule has 2 nitrogen and oxygen atoms in total. The molecule has 0 saturated carbocycles. The lowest BCUT2D eigenvalue weighted by Gasteiger charge is -2.11. The molecule has 0 aliphatic heterocycles. The number of hydrogen-bond acceptors (Lipinski definition) is 4. The molecule has 0 radical (unpaired) electrons. The molecule has 2 aromatic rings. The third-order valence-electron chi connectivity index (χ3n) is 2.37. The van der Waals surface area contributed by atoms with Gasteiger partial charge in [-0.05, 0) is 24.8 Å². The van der Waals surface area contributed by atoms with E-state index >= 15 is 0 Å². The van der Waals surface area contributed by atoms with Gasteiger partial charge >= 0.3 is 0 Å². The number of hydrogen-bond donors (Lipinski definition) is 1. The number of nitrogens with zero attached hydrogens (tertiary/aromatic N) is 1. The van der Waals surface area contributed by atoms with Gasteiger partial charge in [-0.15, -0.1) is 22.7 Å². The smallest absolute Gasteiger partial charge is 0.183 e. The maximum Gasteiger partial charge on any atom is 0.183 e. The van der Waals surface area contributed by atoms with Crippen LogP contribution in [-0.2, 0) is 12.8 Å². The zero-order valence-electron chi connectivity index (χ0n) is 9.56. The highest BCUT2D eigenvalue weighted by Gasteiger charge is 2.06. The van der Waals surface area contributed by atoms with E-state index < -0.39 is 0 Å². The van der Waals surface area contributed by atoms with E-state index in [0.717, 1.165) is 18.0 Å². The van der Waals surface area contributed by atoms with Gasteiger partial charge in [0.2, 0.25) is 0 Å². The van der Waals surface area contributed by atoms with Crippen molar-refractivity contribution in [3.63, 3.8) is 0 Å². The van der Waals surface area contributed by atoms with Crippen LogP contribution < -0.4 is 5.32 Å². The van der Waals surface area contributed by atoms with Crippen molar-refractivity contribution >= 4 is 27.8 Å². The molecule has 1 unspecified atom stereocenters. The number of thiazole rings is 1. The largest absolute Gasteiger partial charge is 0.359 e. The summed E-state index contributed by atoms with van der Waals surface area (Å²) in [5.41, 5.74) is 1.18. The van der Waals surface area contributed by atoms with Gasteiger partial charge in [-0.2, -0.15) is 0 Å². The van der Waals surface area contributed by atoms with Crippen molar-refractivity contribution in [2.75, 3.05) is 5.32 Å². The zero-order chi connectivity index (χ0) is 11.4. The summed E-state index contributed by atoms with van der Waals surface area (Å²) in [6.07, 6.45) is 2.08. The highest BCUT2D eigenvalue weighted by molar-refractivity contribution is 7.13. The SMILES string of the molecule is CCc1csc(NC(C)Cc2cccs2)n1. The first-order valence-corrected chi connectivity index (χ1v) is 7.27. The Hall–Kier alpha value is -0.870. The van der Waals surface area contributed by atoms with Crippen LogP contribution in [0.25, 0.3) is 0 Å². The minimum Gasteiger partial charge on any atom is -0.359 e. The minimum absolute atomic E-state index is 0.439. The number of aryl methyl sites for hydroxylation is 1. The van der Waals surface area contributed by atoms with E-state index in [9.17, 15) is 0 Å². The third-order valence-corrected chi connectivity index (χ3v) is 4.09. The molecule has 0 spiro atoms. The predicted molar refractivity (Wildman–Crippen MR) is 72.6 cm³/mol. The van der Waals surface area contributed by atoms with E-state index in [1.165, 1.54) is 10.6 Å². The van der Waals surface area contributed by atoms with Crippen molar-refractivity contribution in [1.82, 2.24) is 4.98 Å². The average molecular weight is 252 g/mol. The number of rotatable bonds is 5. The van der Waals surface area contributed by atoms with E-state index in [1.807, 2.05) is 11.3 Å². The van der Waals surface area contributed by atoms with Crippen LogP contribution in [0.5, 0.6) is 0 Å². The third kappa shape index (κ3) is 3.06. The summed E-state index contributed by atoms with van der Waals surface area (Å²) < 4.78 is 0. The van der Waals surface area contributed by atoms with E-state index in [-0.39, 0.29) is 0 Å². The molecule has 1 atom stereocenters. The molecule has 0 aliphatic rings. The lowest BCUT2D eigenvalue weighted by molar-refractivity contribution is 0.797. The van der Waals surface area contributed by atoms with Gasteiger partial charge < -0.3 is 5.32 Å². The molecule has 1 N–H and O–H groups in total.